The number of aromatic nitrogens is 2. The molecule has 8 aromatic carbocycles. The number of hydrogen-bond acceptors (Lipinski definition) is 0. The summed E-state index contributed by atoms with van der Waals surface area (Å²) < 4.78 is 5.03. The van der Waals surface area contributed by atoms with Gasteiger partial charge in [-0.3, -0.25) is 0 Å². The average molecular weight is 773 g/mol. The van der Waals surface area contributed by atoms with Gasteiger partial charge >= 0.3 is 0 Å². The number of benzene rings is 8. The molecule has 2 aliphatic rings. The molecule has 0 aliphatic heterocycles. The highest BCUT2D eigenvalue weighted by Gasteiger charge is 2.29. The third-order valence-corrected chi connectivity index (χ3v) is 13.7. The van der Waals surface area contributed by atoms with E-state index in [1.807, 2.05) is 0 Å². The van der Waals surface area contributed by atoms with Crippen molar-refractivity contribution in [2.45, 2.75) is 65.2 Å². The Kier molecular flexibility index (Phi) is 7.32. The normalized spacial score (nSPS) is 13.4. The van der Waals surface area contributed by atoms with Crippen molar-refractivity contribution in [1.29, 1.82) is 0 Å². The fourth-order valence-electron chi connectivity index (χ4n) is 10.5. The molecule has 2 aliphatic carbocycles. The van der Waals surface area contributed by atoms with Crippen LogP contribution in [0.25, 0.3) is 88.4 Å². The number of para-hydroxylation sites is 2. The van der Waals surface area contributed by atoms with Gasteiger partial charge in [-0.15, -0.1) is 0 Å². The van der Waals surface area contributed by atoms with Gasteiger partial charge in [-0.05, 0) is 126 Å². The summed E-state index contributed by atoms with van der Waals surface area (Å²) in [7, 11) is 0. The van der Waals surface area contributed by atoms with Gasteiger partial charge < -0.3 is 9.13 Å². The molecule has 0 saturated carbocycles. The van der Waals surface area contributed by atoms with E-state index in [2.05, 4.69) is 208 Å². The Hall–Kier alpha value is -6.64. The first kappa shape index (κ1) is 35.3. The van der Waals surface area contributed by atoms with Crippen LogP contribution < -0.4 is 0 Å². The predicted molar refractivity (Wildman–Crippen MR) is 254 cm³/mol. The largest absolute Gasteiger partial charge is 0.309 e. The molecular formula is C58H48N2. The van der Waals surface area contributed by atoms with Gasteiger partial charge in [0.25, 0.3) is 0 Å². The van der Waals surface area contributed by atoms with Gasteiger partial charge in [0.1, 0.15) is 0 Å². The summed E-state index contributed by atoms with van der Waals surface area (Å²) in [6, 6.07) is 60.0. The number of hydrogen-bond donors (Lipinski definition) is 0. The number of nitrogens with zero attached hydrogens (tertiary/aromatic N) is 2. The second kappa shape index (κ2) is 12.4. The SMILES string of the molecule is CC(C)(C)c1ccc2c(c1)-c1ccc3c4cc(-c5ccc6c(c5)c5ccc7c(c5n6-c5ccccc5)Cc5ccc(C(C)(C)C)cc5-7)ccc4n(-c4ccccc4)c3c1C2. The first-order valence-electron chi connectivity index (χ1n) is 21.6. The highest BCUT2D eigenvalue weighted by Crippen LogP contribution is 2.48. The predicted octanol–water partition coefficient (Wildman–Crippen LogP) is 15.3. The minimum atomic E-state index is 0.0963. The molecule has 60 heavy (non-hydrogen) atoms. The Morgan fingerprint density at radius 2 is 0.783 bits per heavy atom. The zero-order chi connectivity index (χ0) is 40.7. The van der Waals surface area contributed by atoms with Gasteiger partial charge in [0, 0.05) is 45.8 Å². The van der Waals surface area contributed by atoms with Crippen molar-refractivity contribution in [3.05, 3.63) is 191 Å². The summed E-state index contributed by atoms with van der Waals surface area (Å²) in [4.78, 5) is 0. The molecule has 10 aromatic rings. The Morgan fingerprint density at radius 3 is 1.18 bits per heavy atom. The van der Waals surface area contributed by atoms with E-state index in [0.717, 1.165) is 12.8 Å². The fraction of sp³-hybridized carbons (Fsp3) is 0.172. The molecule has 2 nitrogen and oxygen atoms in total. The molecule has 0 radical (unpaired) electrons. The third kappa shape index (κ3) is 5.13. The molecule has 0 amide bonds. The molecule has 0 saturated heterocycles. The second-order valence-electron chi connectivity index (χ2n) is 19.4. The summed E-state index contributed by atoms with van der Waals surface area (Å²) in [6.45, 7) is 13.9. The summed E-state index contributed by atoms with van der Waals surface area (Å²) >= 11 is 0. The summed E-state index contributed by atoms with van der Waals surface area (Å²) in [5, 5.41) is 5.20. The van der Waals surface area contributed by atoms with Crippen LogP contribution in [0.4, 0.5) is 0 Å². The topological polar surface area (TPSA) is 9.86 Å². The standard InChI is InChI=1S/C58H48N2/c1-57(2,3)39-21-17-37-31-51-43(47(37)33-39)23-25-45-49-29-35(19-27-53(49)59(55(45)51)41-13-9-7-10-14-41)36-20-28-54-50(30-36)46-26-24-44-48-34-40(58(4,5)6)22-18-38(48)32-52(44)56(46)60(54)42-15-11-8-12-16-42/h7-30,33-34H,31-32H2,1-6H3. The Balaban J connectivity index is 1.06. The van der Waals surface area contributed by atoms with E-state index in [1.165, 1.54) is 122 Å². The molecule has 0 fully saturated rings. The van der Waals surface area contributed by atoms with Crippen LogP contribution in [-0.4, -0.2) is 9.13 Å². The molecule has 12 rings (SSSR count). The minimum Gasteiger partial charge on any atom is -0.309 e. The van der Waals surface area contributed by atoms with E-state index in [-0.39, 0.29) is 10.8 Å². The first-order valence-corrected chi connectivity index (χ1v) is 21.6. The van der Waals surface area contributed by atoms with Crippen molar-refractivity contribution < 1.29 is 0 Å². The van der Waals surface area contributed by atoms with Crippen LogP contribution in [-0.2, 0) is 23.7 Å². The highest BCUT2D eigenvalue weighted by molar-refractivity contribution is 6.15. The van der Waals surface area contributed by atoms with Crippen LogP contribution in [0, 0.1) is 0 Å². The summed E-state index contributed by atoms with van der Waals surface area (Å²) in [5.41, 5.74) is 24.2. The fourth-order valence-corrected chi connectivity index (χ4v) is 10.5. The van der Waals surface area contributed by atoms with Crippen LogP contribution >= 0.6 is 0 Å². The monoisotopic (exact) mass is 772 g/mol. The van der Waals surface area contributed by atoms with Crippen molar-refractivity contribution in [1.82, 2.24) is 9.13 Å². The third-order valence-electron chi connectivity index (χ3n) is 13.7. The lowest BCUT2D eigenvalue weighted by Gasteiger charge is -2.20. The van der Waals surface area contributed by atoms with Crippen LogP contribution in [0.2, 0.25) is 0 Å². The van der Waals surface area contributed by atoms with Gasteiger partial charge in [0.15, 0.2) is 0 Å². The summed E-state index contributed by atoms with van der Waals surface area (Å²) in [6.07, 6.45) is 1.88. The molecular weight excluding hydrogens is 725 g/mol. The molecule has 0 spiro atoms. The molecule has 0 atom stereocenters. The van der Waals surface area contributed by atoms with Crippen molar-refractivity contribution in [2.75, 3.05) is 0 Å². The molecule has 290 valence electrons. The maximum Gasteiger partial charge on any atom is 0.0582 e. The number of fused-ring (bicyclic) bond motifs is 14. The molecule has 0 bridgehead atoms. The van der Waals surface area contributed by atoms with Crippen LogP contribution in [0.3, 0.4) is 0 Å². The van der Waals surface area contributed by atoms with Crippen molar-refractivity contribution in [3.8, 4) is 44.8 Å². The number of rotatable bonds is 3. The van der Waals surface area contributed by atoms with Crippen molar-refractivity contribution >= 4 is 43.6 Å². The lowest BCUT2D eigenvalue weighted by Crippen LogP contribution is -2.10. The van der Waals surface area contributed by atoms with E-state index in [1.54, 1.807) is 0 Å². The smallest absolute Gasteiger partial charge is 0.0582 e. The lowest BCUT2D eigenvalue weighted by molar-refractivity contribution is 0.590. The zero-order valence-corrected chi connectivity index (χ0v) is 35.3. The maximum atomic E-state index is 2.52. The van der Waals surface area contributed by atoms with Gasteiger partial charge in [0.05, 0.1) is 22.1 Å². The zero-order valence-electron chi connectivity index (χ0n) is 35.3. The quantitative estimate of drug-likeness (QED) is 0.169. The van der Waals surface area contributed by atoms with Gasteiger partial charge in [0.2, 0.25) is 0 Å². The van der Waals surface area contributed by atoms with Crippen LogP contribution in [0.5, 0.6) is 0 Å². The minimum absolute atomic E-state index is 0.0963. The Labute approximate surface area is 352 Å². The lowest BCUT2D eigenvalue weighted by atomic mass is 9.85. The van der Waals surface area contributed by atoms with E-state index in [9.17, 15) is 0 Å². The van der Waals surface area contributed by atoms with E-state index >= 15 is 0 Å². The van der Waals surface area contributed by atoms with Gasteiger partial charge in [-0.2, -0.15) is 0 Å². The highest BCUT2D eigenvalue weighted by atomic mass is 15.0. The van der Waals surface area contributed by atoms with Gasteiger partial charge in [-0.25, -0.2) is 0 Å². The van der Waals surface area contributed by atoms with E-state index in [0.29, 0.717) is 0 Å². The van der Waals surface area contributed by atoms with Crippen molar-refractivity contribution in [2.24, 2.45) is 0 Å². The van der Waals surface area contributed by atoms with Crippen LogP contribution in [0.15, 0.2) is 158 Å². The molecule has 2 aromatic heterocycles. The van der Waals surface area contributed by atoms with Gasteiger partial charge in [-0.1, -0.05) is 151 Å². The van der Waals surface area contributed by atoms with E-state index in [4.69, 9.17) is 0 Å². The summed E-state index contributed by atoms with van der Waals surface area (Å²) in [5.74, 6) is 0. The average Bonchev–Trinajstić information content (AvgIpc) is 4.00. The molecule has 0 N–H and O–H groups in total. The van der Waals surface area contributed by atoms with Crippen molar-refractivity contribution in [3.63, 3.8) is 0 Å². The molecule has 0 unspecified atom stereocenters. The maximum absolute atomic E-state index is 2.52. The first-order chi connectivity index (χ1) is 29.0. The van der Waals surface area contributed by atoms with E-state index < -0.39 is 0 Å². The Bertz CT molecular complexity index is 3180. The Morgan fingerprint density at radius 1 is 0.367 bits per heavy atom. The van der Waals surface area contributed by atoms with Crippen LogP contribution in [0.1, 0.15) is 74.9 Å². The molecule has 2 heterocycles. The molecule has 2 heteroatoms. The second-order valence-corrected chi connectivity index (χ2v) is 19.4.